The number of nitrogens with zero attached hydrogens (tertiary/aromatic N) is 4. The highest BCUT2D eigenvalue weighted by Crippen LogP contribution is 2.25. The van der Waals surface area contributed by atoms with Crippen molar-refractivity contribution in [3.63, 3.8) is 0 Å². The molecule has 0 aliphatic carbocycles. The van der Waals surface area contributed by atoms with Gasteiger partial charge in [0.15, 0.2) is 5.82 Å². The zero-order valence-electron chi connectivity index (χ0n) is 19.7. The monoisotopic (exact) mass is 449 g/mol. The van der Waals surface area contributed by atoms with Gasteiger partial charge < -0.3 is 15.1 Å². The Morgan fingerprint density at radius 2 is 1.85 bits per heavy atom. The maximum atomic E-state index is 12.5. The third-order valence-corrected chi connectivity index (χ3v) is 7.07. The zero-order chi connectivity index (χ0) is 23.2. The van der Waals surface area contributed by atoms with Gasteiger partial charge in [-0.3, -0.25) is 9.59 Å². The number of benzene rings is 1. The lowest BCUT2D eigenvalue weighted by atomic mass is 9.89. The lowest BCUT2D eigenvalue weighted by Gasteiger charge is -2.38. The van der Waals surface area contributed by atoms with Crippen LogP contribution in [0.15, 0.2) is 42.6 Å². The van der Waals surface area contributed by atoms with E-state index in [0.717, 1.165) is 50.3 Å². The van der Waals surface area contributed by atoms with Gasteiger partial charge in [-0.25, -0.2) is 0 Å². The summed E-state index contributed by atoms with van der Waals surface area (Å²) in [5.74, 6) is 2.23. The fraction of sp³-hybridized carbons (Fsp3) is 0.538. The summed E-state index contributed by atoms with van der Waals surface area (Å²) in [5, 5.41) is 11.0. The van der Waals surface area contributed by atoms with Crippen molar-refractivity contribution in [3.05, 3.63) is 48.2 Å². The Balaban J connectivity index is 1.19. The van der Waals surface area contributed by atoms with Crippen LogP contribution >= 0.6 is 0 Å². The molecule has 33 heavy (non-hydrogen) atoms. The number of rotatable bonds is 8. The summed E-state index contributed by atoms with van der Waals surface area (Å²) >= 11 is 0. The Labute approximate surface area is 196 Å². The first kappa shape index (κ1) is 23.2. The molecule has 1 aromatic heterocycles. The molecule has 0 saturated carbocycles. The minimum Gasteiger partial charge on any atom is -0.353 e. The van der Waals surface area contributed by atoms with Crippen molar-refractivity contribution in [2.24, 2.45) is 17.8 Å². The van der Waals surface area contributed by atoms with E-state index in [1.807, 2.05) is 29.2 Å². The second-order valence-electron chi connectivity index (χ2n) is 9.62. The van der Waals surface area contributed by atoms with Gasteiger partial charge in [0.05, 0.1) is 5.92 Å². The number of likely N-dealkylation sites (tertiary alicyclic amines) is 1. The van der Waals surface area contributed by atoms with E-state index in [2.05, 4.69) is 46.4 Å². The minimum absolute atomic E-state index is 0.0279. The van der Waals surface area contributed by atoms with Crippen molar-refractivity contribution in [1.82, 2.24) is 15.1 Å². The molecule has 0 bridgehead atoms. The highest BCUT2D eigenvalue weighted by molar-refractivity contribution is 5.94. The maximum absolute atomic E-state index is 12.5. The molecule has 0 spiro atoms. The van der Waals surface area contributed by atoms with Gasteiger partial charge in [0, 0.05) is 44.5 Å². The summed E-state index contributed by atoms with van der Waals surface area (Å²) in [6, 6.07) is 12.0. The van der Waals surface area contributed by atoms with Crippen LogP contribution < -0.4 is 10.2 Å². The van der Waals surface area contributed by atoms with Gasteiger partial charge in [0.2, 0.25) is 11.8 Å². The molecule has 2 aromatic rings. The van der Waals surface area contributed by atoms with Gasteiger partial charge in [-0.1, -0.05) is 32.4 Å². The van der Waals surface area contributed by atoms with Gasteiger partial charge in [0.1, 0.15) is 0 Å². The highest BCUT2D eigenvalue weighted by Gasteiger charge is 2.33. The van der Waals surface area contributed by atoms with Crippen LogP contribution in [-0.4, -0.2) is 53.1 Å². The van der Waals surface area contributed by atoms with E-state index >= 15 is 0 Å². The van der Waals surface area contributed by atoms with E-state index in [1.54, 1.807) is 6.20 Å². The Hall–Kier alpha value is -2.96. The highest BCUT2D eigenvalue weighted by atomic mass is 16.2. The van der Waals surface area contributed by atoms with Gasteiger partial charge in [-0.15, -0.1) is 5.10 Å². The van der Waals surface area contributed by atoms with E-state index in [4.69, 9.17) is 0 Å². The van der Waals surface area contributed by atoms with E-state index < -0.39 is 0 Å². The zero-order valence-corrected chi connectivity index (χ0v) is 19.7. The number of piperidine rings is 1. The average Bonchev–Trinajstić information content (AvgIpc) is 2.80. The van der Waals surface area contributed by atoms with Crippen LogP contribution in [0, 0.1) is 17.8 Å². The van der Waals surface area contributed by atoms with Gasteiger partial charge in [0.25, 0.3) is 0 Å². The molecule has 2 fully saturated rings. The molecule has 1 N–H and O–H groups in total. The fourth-order valence-corrected chi connectivity index (χ4v) is 4.55. The lowest BCUT2D eigenvalue weighted by molar-refractivity contribution is -0.133. The number of anilines is 2. The number of carbonyl (C=O) groups is 2. The van der Waals surface area contributed by atoms with E-state index in [1.165, 1.54) is 5.56 Å². The normalized spacial score (nSPS) is 18.0. The lowest BCUT2D eigenvalue weighted by Crippen LogP contribution is -2.52. The molecule has 4 rings (SSSR count). The van der Waals surface area contributed by atoms with E-state index in [9.17, 15) is 9.59 Å². The molecule has 1 aromatic carbocycles. The molecule has 7 nitrogen and oxygen atoms in total. The standard InChI is InChI=1S/C26H35N5O2/c1-3-19(2)15-25(32)30-13-10-21(11-14-30)16-20-6-8-23(9-7-20)28-26(33)22-17-31(18-22)24-5-4-12-27-29-24/h4-9,12,19,21-22H,3,10-11,13-18H2,1-2H3,(H,28,33). The molecule has 2 aliphatic rings. The Bertz CT molecular complexity index is 919. The van der Waals surface area contributed by atoms with Crippen molar-refractivity contribution in [2.45, 2.75) is 46.0 Å². The Morgan fingerprint density at radius 1 is 1.12 bits per heavy atom. The van der Waals surface area contributed by atoms with Crippen molar-refractivity contribution < 1.29 is 9.59 Å². The first-order chi connectivity index (χ1) is 16.0. The van der Waals surface area contributed by atoms with Crippen LogP contribution in [0.3, 0.4) is 0 Å². The second kappa shape index (κ2) is 10.8. The minimum atomic E-state index is -0.0279. The van der Waals surface area contributed by atoms with Crippen LogP contribution in [-0.2, 0) is 16.0 Å². The van der Waals surface area contributed by atoms with Crippen LogP contribution in [0.1, 0.15) is 45.1 Å². The first-order valence-corrected chi connectivity index (χ1v) is 12.2. The van der Waals surface area contributed by atoms with Crippen LogP contribution in [0.4, 0.5) is 11.5 Å². The molecular formula is C26H35N5O2. The first-order valence-electron chi connectivity index (χ1n) is 12.2. The van der Waals surface area contributed by atoms with Crippen LogP contribution in [0.5, 0.6) is 0 Å². The fourth-order valence-electron chi connectivity index (χ4n) is 4.55. The smallest absolute Gasteiger partial charge is 0.231 e. The topological polar surface area (TPSA) is 78.4 Å². The third kappa shape index (κ3) is 6.09. The number of hydrogen-bond donors (Lipinski definition) is 1. The Morgan fingerprint density at radius 3 is 2.48 bits per heavy atom. The number of carbonyl (C=O) groups excluding carboxylic acids is 2. The van der Waals surface area contributed by atoms with E-state index in [0.29, 0.717) is 37.3 Å². The number of amides is 2. The van der Waals surface area contributed by atoms with Crippen molar-refractivity contribution in [3.8, 4) is 0 Å². The average molecular weight is 450 g/mol. The number of hydrogen-bond acceptors (Lipinski definition) is 5. The summed E-state index contributed by atoms with van der Waals surface area (Å²) < 4.78 is 0. The molecule has 2 aliphatic heterocycles. The van der Waals surface area contributed by atoms with Crippen molar-refractivity contribution in [2.75, 3.05) is 36.4 Å². The van der Waals surface area contributed by atoms with Crippen LogP contribution in [0.2, 0.25) is 0 Å². The van der Waals surface area contributed by atoms with Gasteiger partial charge >= 0.3 is 0 Å². The largest absolute Gasteiger partial charge is 0.353 e. The Kier molecular flexibility index (Phi) is 7.57. The molecule has 3 heterocycles. The van der Waals surface area contributed by atoms with Crippen LogP contribution in [0.25, 0.3) is 0 Å². The van der Waals surface area contributed by atoms with E-state index in [-0.39, 0.29) is 11.8 Å². The molecule has 176 valence electrons. The predicted molar refractivity (Wildman–Crippen MR) is 130 cm³/mol. The quantitative estimate of drug-likeness (QED) is 0.664. The summed E-state index contributed by atoms with van der Waals surface area (Å²) in [6.45, 7) is 7.38. The molecule has 0 radical (unpaired) electrons. The number of nitrogens with one attached hydrogen (secondary N) is 1. The van der Waals surface area contributed by atoms with Crippen molar-refractivity contribution in [1.29, 1.82) is 0 Å². The molecule has 2 amide bonds. The summed E-state index contributed by atoms with van der Waals surface area (Å²) in [5.41, 5.74) is 2.13. The summed E-state index contributed by atoms with van der Waals surface area (Å²) in [7, 11) is 0. The molecular weight excluding hydrogens is 414 g/mol. The number of aromatic nitrogens is 2. The second-order valence-corrected chi connectivity index (χ2v) is 9.62. The molecule has 1 atom stereocenters. The van der Waals surface area contributed by atoms with Gasteiger partial charge in [-0.05, 0) is 60.9 Å². The molecule has 1 unspecified atom stereocenters. The van der Waals surface area contributed by atoms with Crippen molar-refractivity contribution >= 4 is 23.3 Å². The third-order valence-electron chi connectivity index (χ3n) is 7.07. The molecule has 2 saturated heterocycles. The maximum Gasteiger partial charge on any atom is 0.231 e. The predicted octanol–water partition coefficient (Wildman–Crippen LogP) is 3.77. The molecule has 7 heteroatoms. The SMILES string of the molecule is CCC(C)CC(=O)N1CCC(Cc2ccc(NC(=O)C3CN(c4cccnn4)C3)cc2)CC1. The summed E-state index contributed by atoms with van der Waals surface area (Å²) in [4.78, 5) is 29.1. The van der Waals surface area contributed by atoms with Gasteiger partial charge in [-0.2, -0.15) is 5.10 Å². The summed E-state index contributed by atoms with van der Waals surface area (Å²) in [6.07, 6.45) is 6.53.